The minimum Gasteiger partial charge on any atom is -0.423 e. The summed E-state index contributed by atoms with van der Waals surface area (Å²) in [7, 11) is 0. The molecule has 0 aliphatic carbocycles. The summed E-state index contributed by atoms with van der Waals surface area (Å²) in [5, 5.41) is 0. The van der Waals surface area contributed by atoms with Gasteiger partial charge in [-0.3, -0.25) is 0 Å². The Morgan fingerprint density at radius 1 is 0.818 bits per heavy atom. The van der Waals surface area contributed by atoms with Gasteiger partial charge in [-0.1, -0.05) is 32.6 Å². The van der Waals surface area contributed by atoms with Crippen LogP contribution in [0.4, 0.5) is 22.0 Å². The van der Waals surface area contributed by atoms with E-state index in [1.165, 1.54) is 6.42 Å². The zero-order valence-electron chi connectivity index (χ0n) is 17.8. The first-order valence-electron chi connectivity index (χ1n) is 10.5. The number of benzene rings is 2. The molecule has 0 N–H and O–H groups in total. The largest absolute Gasteiger partial charge is 0.423 e. The summed E-state index contributed by atoms with van der Waals surface area (Å²) in [6.45, 7) is 2.14. The number of esters is 1. The molecule has 2 aromatic carbocycles. The maximum Gasteiger partial charge on any atom is 0.349 e. The van der Waals surface area contributed by atoms with Crippen molar-refractivity contribution >= 4 is 5.97 Å². The van der Waals surface area contributed by atoms with Crippen molar-refractivity contribution in [3.05, 3.63) is 76.9 Å². The summed E-state index contributed by atoms with van der Waals surface area (Å²) in [4.78, 5) is 20.4. The predicted octanol–water partition coefficient (Wildman–Crippen LogP) is 6.57. The number of nitrogens with zero attached hydrogens (tertiary/aromatic N) is 2. The van der Waals surface area contributed by atoms with Gasteiger partial charge < -0.3 is 4.74 Å². The Kier molecular flexibility index (Phi) is 8.08. The number of aromatic nitrogens is 2. The molecule has 1 aromatic heterocycles. The van der Waals surface area contributed by atoms with Crippen LogP contribution in [0.5, 0.6) is 5.75 Å². The minimum atomic E-state index is -1.76. The van der Waals surface area contributed by atoms with Crippen molar-refractivity contribution in [1.29, 1.82) is 0 Å². The topological polar surface area (TPSA) is 52.1 Å². The Hall–Kier alpha value is -3.36. The first-order chi connectivity index (χ1) is 15.8. The van der Waals surface area contributed by atoms with Crippen LogP contribution in [0.15, 0.2) is 36.7 Å². The lowest BCUT2D eigenvalue weighted by molar-refractivity contribution is 0.0723. The van der Waals surface area contributed by atoms with Gasteiger partial charge >= 0.3 is 5.97 Å². The van der Waals surface area contributed by atoms with Crippen LogP contribution in [0.3, 0.4) is 0 Å². The monoisotopic (exact) mass is 464 g/mol. The smallest absolute Gasteiger partial charge is 0.349 e. The molecule has 0 aliphatic heterocycles. The molecular weight excluding hydrogens is 443 g/mol. The fourth-order valence-electron chi connectivity index (χ4n) is 3.21. The van der Waals surface area contributed by atoms with Gasteiger partial charge in [-0.15, -0.1) is 0 Å². The lowest BCUT2D eigenvalue weighted by Gasteiger charge is -2.09. The maximum atomic E-state index is 14.5. The first kappa shape index (κ1) is 24.3. The number of hydrogen-bond acceptors (Lipinski definition) is 4. The van der Waals surface area contributed by atoms with Gasteiger partial charge in [-0.05, 0) is 30.5 Å². The van der Waals surface area contributed by atoms with E-state index in [2.05, 4.69) is 21.6 Å². The van der Waals surface area contributed by atoms with E-state index in [0.717, 1.165) is 49.8 Å². The summed E-state index contributed by atoms with van der Waals surface area (Å²) >= 11 is 0. The highest BCUT2D eigenvalue weighted by atomic mass is 19.2. The van der Waals surface area contributed by atoms with Crippen LogP contribution in [-0.2, 0) is 6.42 Å². The molecule has 0 amide bonds. The third-order valence-electron chi connectivity index (χ3n) is 4.95. The summed E-state index contributed by atoms with van der Waals surface area (Å²) < 4.78 is 73.2. The number of unbranched alkanes of at least 4 members (excludes halogenated alkanes) is 4. The molecule has 4 nitrogen and oxygen atoms in total. The Morgan fingerprint density at radius 2 is 1.39 bits per heavy atom. The quantitative estimate of drug-likeness (QED) is 0.118. The Labute approximate surface area is 187 Å². The number of halogens is 5. The van der Waals surface area contributed by atoms with Crippen LogP contribution in [0.25, 0.3) is 11.4 Å². The van der Waals surface area contributed by atoms with Crippen molar-refractivity contribution in [2.45, 2.75) is 45.4 Å². The molecule has 0 aliphatic rings. The van der Waals surface area contributed by atoms with E-state index in [0.29, 0.717) is 12.1 Å². The number of ether oxygens (including phenoxy) is 1. The fraction of sp³-hybridized carbons (Fsp3) is 0.292. The third-order valence-corrected chi connectivity index (χ3v) is 4.95. The Bertz CT molecular complexity index is 1090. The second kappa shape index (κ2) is 11.0. The molecule has 0 spiro atoms. The van der Waals surface area contributed by atoms with Gasteiger partial charge in [0.25, 0.3) is 0 Å². The molecule has 3 aromatic rings. The number of aryl methyl sites for hydroxylation is 1. The molecule has 174 valence electrons. The number of carbonyl (C=O) groups is 1. The molecule has 0 radical (unpaired) electrons. The zero-order chi connectivity index (χ0) is 24.0. The van der Waals surface area contributed by atoms with E-state index in [1.54, 1.807) is 12.4 Å². The Morgan fingerprint density at radius 3 is 1.97 bits per heavy atom. The molecule has 3 rings (SSSR count). The fourth-order valence-corrected chi connectivity index (χ4v) is 3.21. The van der Waals surface area contributed by atoms with Crippen LogP contribution in [0.1, 0.15) is 54.9 Å². The molecule has 9 heteroatoms. The van der Waals surface area contributed by atoms with E-state index in [4.69, 9.17) is 0 Å². The van der Waals surface area contributed by atoms with Crippen LogP contribution in [0.2, 0.25) is 0 Å². The summed E-state index contributed by atoms with van der Waals surface area (Å²) in [6.07, 6.45) is 9.55. The van der Waals surface area contributed by atoms with E-state index in [1.807, 2.05) is 0 Å². The van der Waals surface area contributed by atoms with Crippen molar-refractivity contribution < 1.29 is 31.5 Å². The van der Waals surface area contributed by atoms with Crippen LogP contribution >= 0.6 is 0 Å². The maximum absolute atomic E-state index is 14.5. The average molecular weight is 464 g/mol. The highest BCUT2D eigenvalue weighted by Crippen LogP contribution is 2.25. The zero-order valence-corrected chi connectivity index (χ0v) is 17.8. The molecule has 1 heterocycles. The van der Waals surface area contributed by atoms with Crippen molar-refractivity contribution in [3.63, 3.8) is 0 Å². The second-order valence-corrected chi connectivity index (χ2v) is 7.48. The van der Waals surface area contributed by atoms with Gasteiger partial charge in [0.15, 0.2) is 23.3 Å². The Balaban J connectivity index is 1.72. The summed E-state index contributed by atoms with van der Waals surface area (Å²) in [6, 6.07) is 2.48. The van der Waals surface area contributed by atoms with E-state index in [-0.39, 0.29) is 11.4 Å². The van der Waals surface area contributed by atoms with Gasteiger partial charge in [-0.2, -0.15) is 0 Å². The SMILES string of the molecule is CCCCCCCc1cnc(-c2cc(F)c(C(=O)Oc3cc(F)c(F)c(F)c3)c(F)c2)nc1. The summed E-state index contributed by atoms with van der Waals surface area (Å²) in [5.74, 6) is -9.77. The van der Waals surface area contributed by atoms with Crippen LogP contribution < -0.4 is 4.74 Å². The molecule has 0 bridgehead atoms. The van der Waals surface area contributed by atoms with E-state index in [9.17, 15) is 26.7 Å². The number of rotatable bonds is 9. The van der Waals surface area contributed by atoms with Gasteiger partial charge in [0.1, 0.15) is 22.9 Å². The van der Waals surface area contributed by atoms with Crippen LogP contribution in [-0.4, -0.2) is 15.9 Å². The highest BCUT2D eigenvalue weighted by Gasteiger charge is 2.23. The molecule has 0 fully saturated rings. The van der Waals surface area contributed by atoms with Gasteiger partial charge in [0, 0.05) is 30.1 Å². The van der Waals surface area contributed by atoms with Gasteiger partial charge in [0.2, 0.25) is 0 Å². The van der Waals surface area contributed by atoms with E-state index < -0.39 is 46.4 Å². The minimum absolute atomic E-state index is 0.00471. The highest BCUT2D eigenvalue weighted by molar-refractivity contribution is 5.92. The lowest BCUT2D eigenvalue weighted by Crippen LogP contribution is -2.14. The lowest BCUT2D eigenvalue weighted by atomic mass is 10.1. The number of hydrogen-bond donors (Lipinski definition) is 0. The molecule has 33 heavy (non-hydrogen) atoms. The second-order valence-electron chi connectivity index (χ2n) is 7.48. The van der Waals surface area contributed by atoms with Crippen molar-refractivity contribution in [2.75, 3.05) is 0 Å². The van der Waals surface area contributed by atoms with Gasteiger partial charge in [0.05, 0.1) is 0 Å². The predicted molar refractivity (Wildman–Crippen MR) is 111 cm³/mol. The molecule has 0 saturated heterocycles. The molecule has 0 saturated carbocycles. The average Bonchev–Trinajstić information content (AvgIpc) is 2.77. The van der Waals surface area contributed by atoms with Gasteiger partial charge in [-0.25, -0.2) is 36.7 Å². The van der Waals surface area contributed by atoms with Crippen molar-refractivity contribution in [1.82, 2.24) is 9.97 Å². The summed E-state index contributed by atoms with van der Waals surface area (Å²) in [5.41, 5.74) is -0.183. The standard InChI is InChI=1S/C24H21F5N2O2/c1-2-3-4-5-6-7-14-12-30-23(31-13-14)15-8-17(25)21(18(26)9-15)24(32)33-16-10-19(27)22(29)20(28)11-16/h8-13H,2-7H2,1H3. The first-order valence-corrected chi connectivity index (χ1v) is 10.5. The van der Waals surface area contributed by atoms with Crippen molar-refractivity contribution in [2.24, 2.45) is 0 Å². The number of carbonyl (C=O) groups excluding carboxylic acids is 1. The van der Waals surface area contributed by atoms with E-state index >= 15 is 0 Å². The molecular formula is C24H21F5N2O2. The molecule has 0 atom stereocenters. The van der Waals surface area contributed by atoms with Crippen molar-refractivity contribution in [3.8, 4) is 17.1 Å². The van der Waals surface area contributed by atoms with Crippen LogP contribution in [0, 0.1) is 29.1 Å². The molecule has 0 unspecified atom stereocenters. The third kappa shape index (κ3) is 6.12. The normalized spacial score (nSPS) is 11.0.